The Bertz CT molecular complexity index is 475. The number of aromatic nitrogens is 1. The van der Waals surface area contributed by atoms with Crippen LogP contribution in [-0.4, -0.2) is 46.1 Å². The predicted octanol–water partition coefficient (Wildman–Crippen LogP) is 2.06. The molecule has 0 aromatic carbocycles. The van der Waals surface area contributed by atoms with E-state index in [4.69, 9.17) is 5.11 Å². The molecular weight excluding hydrogens is 252 g/mol. The van der Waals surface area contributed by atoms with Gasteiger partial charge in [-0.2, -0.15) is 0 Å². The number of aliphatic hydroxyl groups excluding tert-OH is 1. The maximum absolute atomic E-state index is 12.5. The van der Waals surface area contributed by atoms with E-state index in [0.29, 0.717) is 12.6 Å². The number of nitrogens with zero attached hydrogens (tertiary/aromatic N) is 2. The van der Waals surface area contributed by atoms with Crippen LogP contribution in [0.4, 0.5) is 0 Å². The van der Waals surface area contributed by atoms with E-state index in [1.165, 1.54) is 19.3 Å². The molecule has 1 aromatic rings. The molecule has 1 aromatic heterocycles. The molecule has 112 valence electrons. The number of ketones is 1. The Labute approximate surface area is 121 Å². The fourth-order valence-electron chi connectivity index (χ4n) is 2.82. The van der Waals surface area contributed by atoms with Crippen LogP contribution in [-0.2, 0) is 7.05 Å². The summed E-state index contributed by atoms with van der Waals surface area (Å²) < 4.78 is 2.06. The van der Waals surface area contributed by atoms with Crippen molar-refractivity contribution in [2.24, 2.45) is 7.05 Å². The van der Waals surface area contributed by atoms with Crippen LogP contribution in [0, 0.1) is 13.8 Å². The molecule has 1 aliphatic rings. The summed E-state index contributed by atoms with van der Waals surface area (Å²) in [4.78, 5) is 14.8. The fourth-order valence-corrected chi connectivity index (χ4v) is 2.82. The van der Waals surface area contributed by atoms with Gasteiger partial charge in [0.1, 0.15) is 0 Å². The van der Waals surface area contributed by atoms with Crippen molar-refractivity contribution in [2.45, 2.75) is 45.6 Å². The normalized spacial score (nSPS) is 15.7. The topological polar surface area (TPSA) is 45.5 Å². The van der Waals surface area contributed by atoms with Crippen LogP contribution in [0.1, 0.15) is 47.4 Å². The third kappa shape index (κ3) is 3.13. The van der Waals surface area contributed by atoms with Gasteiger partial charge in [0, 0.05) is 43.2 Å². The Kier molecular flexibility index (Phi) is 5.00. The lowest BCUT2D eigenvalue weighted by atomic mass is 9.91. The van der Waals surface area contributed by atoms with Crippen molar-refractivity contribution in [2.75, 3.05) is 19.7 Å². The molecule has 0 bridgehead atoms. The quantitative estimate of drug-likeness (QED) is 0.777. The molecule has 20 heavy (non-hydrogen) atoms. The van der Waals surface area contributed by atoms with Gasteiger partial charge in [0.05, 0.1) is 6.54 Å². The number of hydrogen-bond acceptors (Lipinski definition) is 3. The highest BCUT2D eigenvalue weighted by Gasteiger charge is 2.27. The van der Waals surface area contributed by atoms with Crippen molar-refractivity contribution in [3.05, 3.63) is 23.0 Å². The highest BCUT2D eigenvalue weighted by Crippen LogP contribution is 2.25. The van der Waals surface area contributed by atoms with Crippen LogP contribution in [0.15, 0.2) is 6.07 Å². The second kappa shape index (κ2) is 6.55. The van der Waals surface area contributed by atoms with Gasteiger partial charge in [-0.3, -0.25) is 9.69 Å². The molecule has 1 N–H and O–H groups in total. The summed E-state index contributed by atoms with van der Waals surface area (Å²) in [6.45, 7) is 5.52. The molecule has 0 aliphatic heterocycles. The summed E-state index contributed by atoms with van der Waals surface area (Å²) in [5, 5.41) is 9.01. The largest absolute Gasteiger partial charge is 0.396 e. The molecule has 0 atom stereocenters. The summed E-state index contributed by atoms with van der Waals surface area (Å²) in [6, 6.07) is 2.53. The zero-order chi connectivity index (χ0) is 14.7. The number of aryl methyl sites for hydroxylation is 1. The Morgan fingerprint density at radius 3 is 2.60 bits per heavy atom. The molecule has 1 fully saturated rings. The van der Waals surface area contributed by atoms with Gasteiger partial charge in [-0.25, -0.2) is 0 Å². The van der Waals surface area contributed by atoms with E-state index in [1.54, 1.807) is 0 Å². The van der Waals surface area contributed by atoms with Crippen molar-refractivity contribution in [3.8, 4) is 0 Å². The average molecular weight is 278 g/mol. The van der Waals surface area contributed by atoms with Crippen LogP contribution in [0.3, 0.4) is 0 Å². The number of Topliss-reactive ketones (excluding diaryl/α,β-unsaturated/α-hetero) is 1. The average Bonchev–Trinajstić information content (AvgIpc) is 2.61. The van der Waals surface area contributed by atoms with Crippen LogP contribution >= 0.6 is 0 Å². The molecule has 0 saturated heterocycles. The van der Waals surface area contributed by atoms with Crippen LogP contribution < -0.4 is 0 Å². The van der Waals surface area contributed by atoms with Gasteiger partial charge >= 0.3 is 0 Å². The lowest BCUT2D eigenvalue weighted by Gasteiger charge is -2.37. The fraction of sp³-hybridized carbons (Fsp3) is 0.688. The minimum absolute atomic E-state index is 0.195. The van der Waals surface area contributed by atoms with Gasteiger partial charge in [0.25, 0.3) is 0 Å². The lowest BCUT2D eigenvalue weighted by molar-refractivity contribution is 0.0787. The number of aliphatic hydroxyl groups is 1. The SMILES string of the molecule is Cc1cc(C(=O)CN(CCCO)C2CCC2)c(C)n1C. The van der Waals surface area contributed by atoms with Gasteiger partial charge in [0.15, 0.2) is 5.78 Å². The van der Waals surface area contributed by atoms with Crippen molar-refractivity contribution in [3.63, 3.8) is 0 Å². The third-order valence-electron chi connectivity index (χ3n) is 4.62. The van der Waals surface area contributed by atoms with Crippen LogP contribution in [0.2, 0.25) is 0 Å². The molecule has 1 heterocycles. The lowest BCUT2D eigenvalue weighted by Crippen LogP contribution is -2.43. The van der Waals surface area contributed by atoms with Gasteiger partial charge in [-0.1, -0.05) is 6.42 Å². The molecule has 0 amide bonds. The molecule has 0 unspecified atom stereocenters. The smallest absolute Gasteiger partial charge is 0.178 e. The highest BCUT2D eigenvalue weighted by molar-refractivity contribution is 5.99. The number of carbonyl (C=O) groups excluding carboxylic acids is 1. The van der Waals surface area contributed by atoms with Crippen molar-refractivity contribution in [1.29, 1.82) is 0 Å². The zero-order valence-corrected chi connectivity index (χ0v) is 12.9. The monoisotopic (exact) mass is 278 g/mol. The molecule has 1 saturated carbocycles. The zero-order valence-electron chi connectivity index (χ0n) is 12.9. The standard InChI is InChI=1S/C16H26N2O2/c1-12-10-15(13(2)17(12)3)16(20)11-18(8-5-9-19)14-6-4-7-14/h10,14,19H,4-9,11H2,1-3H3. The second-order valence-corrected chi connectivity index (χ2v) is 5.90. The minimum atomic E-state index is 0.195. The molecule has 0 spiro atoms. The summed E-state index contributed by atoms with van der Waals surface area (Å²) in [5.74, 6) is 0.205. The first-order chi connectivity index (χ1) is 9.54. The maximum atomic E-state index is 12.5. The first kappa shape index (κ1) is 15.3. The Hall–Kier alpha value is -1.13. The van der Waals surface area contributed by atoms with E-state index in [-0.39, 0.29) is 12.4 Å². The number of carbonyl (C=O) groups is 1. The number of hydrogen-bond donors (Lipinski definition) is 1. The Morgan fingerprint density at radius 2 is 2.15 bits per heavy atom. The van der Waals surface area contributed by atoms with Gasteiger partial charge in [-0.05, 0) is 39.2 Å². The van der Waals surface area contributed by atoms with Crippen molar-refractivity contribution < 1.29 is 9.90 Å². The summed E-state index contributed by atoms with van der Waals surface area (Å²) >= 11 is 0. The first-order valence-electron chi connectivity index (χ1n) is 7.55. The Morgan fingerprint density at radius 1 is 1.45 bits per heavy atom. The van der Waals surface area contributed by atoms with E-state index in [9.17, 15) is 4.79 Å². The van der Waals surface area contributed by atoms with Crippen molar-refractivity contribution >= 4 is 5.78 Å². The third-order valence-corrected chi connectivity index (χ3v) is 4.62. The minimum Gasteiger partial charge on any atom is -0.396 e. The van der Waals surface area contributed by atoms with Crippen molar-refractivity contribution in [1.82, 2.24) is 9.47 Å². The number of rotatable bonds is 7. The van der Waals surface area contributed by atoms with E-state index >= 15 is 0 Å². The highest BCUT2D eigenvalue weighted by atomic mass is 16.3. The van der Waals surface area contributed by atoms with E-state index in [1.807, 2.05) is 27.0 Å². The first-order valence-corrected chi connectivity index (χ1v) is 7.55. The van der Waals surface area contributed by atoms with Crippen LogP contribution in [0.25, 0.3) is 0 Å². The van der Waals surface area contributed by atoms with Gasteiger partial charge in [-0.15, -0.1) is 0 Å². The van der Waals surface area contributed by atoms with Gasteiger partial charge < -0.3 is 9.67 Å². The summed E-state index contributed by atoms with van der Waals surface area (Å²) in [5.41, 5.74) is 3.01. The molecule has 4 heteroatoms. The van der Waals surface area contributed by atoms with E-state index < -0.39 is 0 Å². The van der Waals surface area contributed by atoms with E-state index in [0.717, 1.165) is 29.9 Å². The second-order valence-electron chi connectivity index (χ2n) is 5.90. The molecule has 1 aliphatic carbocycles. The molecule has 2 rings (SSSR count). The maximum Gasteiger partial charge on any atom is 0.178 e. The summed E-state index contributed by atoms with van der Waals surface area (Å²) in [6.07, 6.45) is 4.38. The molecule has 4 nitrogen and oxygen atoms in total. The molecule has 0 radical (unpaired) electrons. The van der Waals surface area contributed by atoms with E-state index in [2.05, 4.69) is 9.47 Å². The van der Waals surface area contributed by atoms with Gasteiger partial charge in [0.2, 0.25) is 0 Å². The summed E-state index contributed by atoms with van der Waals surface area (Å²) in [7, 11) is 2.00. The van der Waals surface area contributed by atoms with Crippen LogP contribution in [0.5, 0.6) is 0 Å². The Balaban J connectivity index is 2.05. The predicted molar refractivity (Wildman–Crippen MR) is 80.1 cm³/mol. The molecular formula is C16H26N2O2.